The van der Waals surface area contributed by atoms with Crippen LogP contribution in [-0.2, 0) is 9.47 Å². The molecule has 1 unspecified atom stereocenters. The molecule has 0 aliphatic carbocycles. The average Bonchev–Trinajstić information content (AvgIpc) is 3.07. The fourth-order valence-corrected chi connectivity index (χ4v) is 2.96. The Balaban J connectivity index is 1.97. The Kier molecular flexibility index (Phi) is 5.08. The zero-order valence-corrected chi connectivity index (χ0v) is 12.4. The summed E-state index contributed by atoms with van der Waals surface area (Å²) in [6, 6.07) is 0. The van der Waals surface area contributed by atoms with Gasteiger partial charge in [0.2, 0.25) is 0 Å². The number of ketones is 1. The van der Waals surface area contributed by atoms with E-state index in [0.717, 1.165) is 25.9 Å². The van der Waals surface area contributed by atoms with Crippen molar-refractivity contribution in [2.75, 3.05) is 25.6 Å². The van der Waals surface area contributed by atoms with E-state index >= 15 is 0 Å². The van der Waals surface area contributed by atoms with E-state index in [1.807, 2.05) is 0 Å². The van der Waals surface area contributed by atoms with Gasteiger partial charge in [0.1, 0.15) is 4.88 Å². The number of rotatable bonds is 6. The van der Waals surface area contributed by atoms with Gasteiger partial charge in [-0.05, 0) is 19.3 Å². The summed E-state index contributed by atoms with van der Waals surface area (Å²) in [5.41, 5.74) is 0.0876. The number of carbonyl (C=O) groups excluding carboxylic acids is 2. The second kappa shape index (κ2) is 6.81. The number of nitrogens with one attached hydrogen (secondary N) is 1. The summed E-state index contributed by atoms with van der Waals surface area (Å²) in [7, 11) is 1.27. The third-order valence-electron chi connectivity index (χ3n) is 3.09. The van der Waals surface area contributed by atoms with Crippen LogP contribution in [0.15, 0.2) is 0 Å². The molecule has 1 aromatic rings. The number of Topliss-reactive ketones (excluding diaryl/α,β-unsaturated/α-hetero) is 1. The molecular weight excluding hydrogens is 280 g/mol. The molecule has 2 heterocycles. The maximum atomic E-state index is 11.6. The van der Waals surface area contributed by atoms with Gasteiger partial charge in [0.25, 0.3) is 0 Å². The van der Waals surface area contributed by atoms with E-state index in [0.29, 0.717) is 22.7 Å². The largest absolute Gasteiger partial charge is 0.464 e. The zero-order valence-electron chi connectivity index (χ0n) is 11.6. The number of esters is 1. The molecule has 1 aliphatic rings. The van der Waals surface area contributed by atoms with E-state index in [1.54, 1.807) is 0 Å². The molecule has 0 spiro atoms. The van der Waals surface area contributed by atoms with E-state index in [2.05, 4.69) is 15.0 Å². The molecule has 2 rings (SSSR count). The Labute approximate surface area is 121 Å². The molecule has 0 amide bonds. The Morgan fingerprint density at radius 2 is 2.35 bits per heavy atom. The molecule has 6 nitrogen and oxygen atoms in total. The molecule has 1 aromatic heterocycles. The highest BCUT2D eigenvalue weighted by Crippen LogP contribution is 2.24. The first kappa shape index (κ1) is 14.9. The summed E-state index contributed by atoms with van der Waals surface area (Å²) in [5.74, 6) is -0.770. The summed E-state index contributed by atoms with van der Waals surface area (Å²) in [6.07, 6.45) is 3.40. The molecule has 1 fully saturated rings. The van der Waals surface area contributed by atoms with Crippen molar-refractivity contribution in [2.45, 2.75) is 32.3 Å². The van der Waals surface area contributed by atoms with Crippen molar-refractivity contribution in [3.05, 3.63) is 10.6 Å². The van der Waals surface area contributed by atoms with Crippen molar-refractivity contribution in [3.8, 4) is 0 Å². The second-order valence-electron chi connectivity index (χ2n) is 4.59. The molecule has 20 heavy (non-hydrogen) atoms. The number of thiazole rings is 1. The van der Waals surface area contributed by atoms with Gasteiger partial charge in [-0.15, -0.1) is 0 Å². The molecule has 0 aromatic carbocycles. The molecule has 1 aliphatic heterocycles. The highest BCUT2D eigenvalue weighted by atomic mass is 32.1. The number of methoxy groups -OCH3 is 1. The molecule has 7 heteroatoms. The minimum atomic E-state index is -0.585. The lowest BCUT2D eigenvalue weighted by Gasteiger charge is -2.08. The number of ether oxygens (including phenoxy) is 2. The Bertz CT molecular complexity index is 495. The van der Waals surface area contributed by atoms with Gasteiger partial charge in [-0.2, -0.15) is 0 Å². The Hall–Kier alpha value is -1.47. The van der Waals surface area contributed by atoms with Crippen LogP contribution in [0.5, 0.6) is 0 Å². The van der Waals surface area contributed by atoms with Crippen LogP contribution >= 0.6 is 11.3 Å². The fourth-order valence-electron chi connectivity index (χ4n) is 2.08. The van der Waals surface area contributed by atoms with Crippen LogP contribution in [0.25, 0.3) is 0 Å². The summed E-state index contributed by atoms with van der Waals surface area (Å²) >= 11 is 1.18. The zero-order chi connectivity index (χ0) is 14.5. The molecule has 1 N–H and O–H groups in total. The quantitative estimate of drug-likeness (QED) is 0.640. The summed E-state index contributed by atoms with van der Waals surface area (Å²) in [4.78, 5) is 27.5. The summed E-state index contributed by atoms with van der Waals surface area (Å²) in [5, 5.41) is 3.70. The van der Waals surface area contributed by atoms with Crippen molar-refractivity contribution in [1.82, 2.24) is 4.98 Å². The summed E-state index contributed by atoms with van der Waals surface area (Å²) in [6.45, 7) is 2.95. The molecule has 0 saturated carbocycles. The minimum Gasteiger partial charge on any atom is -0.464 e. The molecule has 110 valence electrons. The molecule has 0 radical (unpaired) electrons. The van der Waals surface area contributed by atoms with Gasteiger partial charge < -0.3 is 14.8 Å². The first-order valence-corrected chi connectivity index (χ1v) is 7.39. The van der Waals surface area contributed by atoms with Crippen LogP contribution in [0.4, 0.5) is 5.13 Å². The lowest BCUT2D eigenvalue weighted by atomic mass is 10.2. The third kappa shape index (κ3) is 3.55. The van der Waals surface area contributed by atoms with Crippen molar-refractivity contribution in [1.29, 1.82) is 0 Å². The van der Waals surface area contributed by atoms with E-state index < -0.39 is 5.97 Å². The third-order valence-corrected chi connectivity index (χ3v) is 4.21. The average molecular weight is 298 g/mol. The van der Waals surface area contributed by atoms with E-state index in [4.69, 9.17) is 4.74 Å². The first-order chi connectivity index (χ1) is 9.61. The fraction of sp³-hybridized carbons (Fsp3) is 0.615. The number of nitrogens with zero attached hydrogens (tertiary/aromatic N) is 1. The maximum absolute atomic E-state index is 11.6. The van der Waals surface area contributed by atoms with Gasteiger partial charge in [0.05, 0.1) is 13.2 Å². The van der Waals surface area contributed by atoms with Crippen molar-refractivity contribution < 1.29 is 19.1 Å². The van der Waals surface area contributed by atoms with Crippen molar-refractivity contribution in [2.24, 2.45) is 0 Å². The maximum Gasteiger partial charge on any atom is 0.358 e. The predicted molar refractivity (Wildman–Crippen MR) is 75.5 cm³/mol. The molecule has 0 bridgehead atoms. The van der Waals surface area contributed by atoms with Crippen LogP contribution < -0.4 is 5.32 Å². The minimum absolute atomic E-state index is 0.0876. The predicted octanol–water partition coefficient (Wildman–Crippen LogP) is 2.11. The van der Waals surface area contributed by atoms with Gasteiger partial charge >= 0.3 is 5.97 Å². The number of aromatic nitrogens is 1. The van der Waals surface area contributed by atoms with Crippen LogP contribution in [0.2, 0.25) is 0 Å². The molecule has 1 saturated heterocycles. The van der Waals surface area contributed by atoms with Gasteiger partial charge in [-0.3, -0.25) is 4.79 Å². The van der Waals surface area contributed by atoms with Gasteiger partial charge in [0.15, 0.2) is 16.6 Å². The van der Waals surface area contributed by atoms with Crippen LogP contribution in [-0.4, -0.2) is 43.1 Å². The highest BCUT2D eigenvalue weighted by molar-refractivity contribution is 7.17. The summed E-state index contributed by atoms with van der Waals surface area (Å²) < 4.78 is 10.2. The monoisotopic (exact) mass is 298 g/mol. The lowest BCUT2D eigenvalue weighted by Crippen LogP contribution is -2.12. The van der Waals surface area contributed by atoms with Crippen LogP contribution in [0.1, 0.15) is 46.3 Å². The number of anilines is 1. The number of hydrogen-bond donors (Lipinski definition) is 1. The van der Waals surface area contributed by atoms with Crippen LogP contribution in [0.3, 0.4) is 0 Å². The van der Waals surface area contributed by atoms with Crippen molar-refractivity contribution >= 4 is 28.2 Å². The topological polar surface area (TPSA) is 77.5 Å². The molecular formula is C13H18N2O4S. The van der Waals surface area contributed by atoms with E-state index in [1.165, 1.54) is 25.4 Å². The first-order valence-electron chi connectivity index (χ1n) is 6.57. The Morgan fingerprint density at radius 1 is 1.55 bits per heavy atom. The van der Waals surface area contributed by atoms with Gasteiger partial charge in [0, 0.05) is 20.1 Å². The van der Waals surface area contributed by atoms with Crippen LogP contribution in [0, 0.1) is 0 Å². The molecule has 1 atom stereocenters. The standard InChI is InChI=1S/C13H18N2O4S/c1-8(16)11-10(12(17)18-2)15-13(20-11)14-6-5-9-4-3-7-19-9/h9H,3-7H2,1-2H3,(H,14,15). The van der Waals surface area contributed by atoms with Gasteiger partial charge in [-0.1, -0.05) is 11.3 Å². The Morgan fingerprint density at radius 3 is 2.95 bits per heavy atom. The number of carbonyl (C=O) groups is 2. The number of hydrogen-bond acceptors (Lipinski definition) is 7. The SMILES string of the molecule is COC(=O)c1nc(NCCC2CCCO2)sc1C(C)=O. The second-order valence-corrected chi connectivity index (χ2v) is 5.59. The van der Waals surface area contributed by atoms with E-state index in [-0.39, 0.29) is 11.5 Å². The van der Waals surface area contributed by atoms with Crippen molar-refractivity contribution in [3.63, 3.8) is 0 Å². The highest BCUT2D eigenvalue weighted by Gasteiger charge is 2.22. The van der Waals surface area contributed by atoms with E-state index in [9.17, 15) is 9.59 Å². The lowest BCUT2D eigenvalue weighted by molar-refractivity contribution is 0.0591. The normalized spacial score (nSPS) is 18.0. The van der Waals surface area contributed by atoms with Gasteiger partial charge in [-0.25, -0.2) is 9.78 Å². The smallest absolute Gasteiger partial charge is 0.358 e.